The molecule has 1 aliphatic heterocycles. The number of aliphatic imine (C=N–C) groups is 2. The van der Waals surface area contributed by atoms with E-state index < -0.39 is 0 Å². The maximum absolute atomic E-state index is 12.5. The number of amides is 1. The summed E-state index contributed by atoms with van der Waals surface area (Å²) >= 11 is 1.32. The number of rotatable bonds is 9. The second-order valence-corrected chi connectivity index (χ2v) is 8.44. The molecule has 0 radical (unpaired) electrons. The molecule has 1 amide bonds. The Morgan fingerprint density at radius 2 is 1.86 bits per heavy atom. The SMILES string of the molecule is CCOc1ccccc1N1C(=O)CS/C1=N\N=C\c1ccc(C(N)=NC=Nc2ccc(OF)cc2)cc1. The molecule has 0 aromatic heterocycles. The van der Waals surface area contributed by atoms with E-state index in [4.69, 9.17) is 10.5 Å². The first-order valence-corrected chi connectivity index (χ1v) is 12.2. The number of anilines is 1. The van der Waals surface area contributed by atoms with E-state index >= 15 is 0 Å². The van der Waals surface area contributed by atoms with Crippen molar-refractivity contribution < 1.29 is 19.0 Å². The predicted octanol–water partition coefficient (Wildman–Crippen LogP) is 4.88. The van der Waals surface area contributed by atoms with Crippen LogP contribution in [0.3, 0.4) is 0 Å². The van der Waals surface area contributed by atoms with E-state index in [0.29, 0.717) is 34.5 Å². The molecule has 3 aromatic rings. The zero-order valence-corrected chi connectivity index (χ0v) is 20.6. The van der Waals surface area contributed by atoms with Gasteiger partial charge in [0.25, 0.3) is 0 Å². The van der Waals surface area contributed by atoms with Gasteiger partial charge >= 0.3 is 0 Å². The highest BCUT2D eigenvalue weighted by Crippen LogP contribution is 2.34. The van der Waals surface area contributed by atoms with Crippen LogP contribution >= 0.6 is 11.8 Å². The van der Waals surface area contributed by atoms with Crippen LogP contribution in [0.5, 0.6) is 11.5 Å². The molecule has 37 heavy (non-hydrogen) atoms. The van der Waals surface area contributed by atoms with Crippen molar-refractivity contribution in [1.29, 1.82) is 0 Å². The van der Waals surface area contributed by atoms with Gasteiger partial charge < -0.3 is 10.5 Å². The summed E-state index contributed by atoms with van der Waals surface area (Å²) in [7, 11) is 0. The van der Waals surface area contributed by atoms with Crippen molar-refractivity contribution >= 4 is 52.6 Å². The van der Waals surface area contributed by atoms with Gasteiger partial charge in [-0.15, -0.1) is 5.10 Å². The summed E-state index contributed by atoms with van der Waals surface area (Å²) < 4.78 is 17.8. The monoisotopic (exact) mass is 518 g/mol. The van der Waals surface area contributed by atoms with Crippen molar-refractivity contribution in [3.63, 3.8) is 0 Å². The highest BCUT2D eigenvalue weighted by Gasteiger charge is 2.31. The molecule has 0 saturated carbocycles. The standard InChI is InChI=1S/C26H23FN6O3S/c1-2-35-23-6-4-3-5-22(23)33-24(34)16-37-26(33)32-31-15-18-7-9-19(10-8-18)25(28)30-17-29-20-11-13-21(36-27)14-12-20/h3-15,17H,2,16H2,1H3,(H2,28,29,30)/b31-15+,32-26-. The van der Waals surface area contributed by atoms with Crippen molar-refractivity contribution in [1.82, 2.24) is 0 Å². The molecule has 0 spiro atoms. The summed E-state index contributed by atoms with van der Waals surface area (Å²) in [6.45, 7) is 2.38. The summed E-state index contributed by atoms with van der Waals surface area (Å²) in [6, 6.07) is 20.7. The van der Waals surface area contributed by atoms with Crippen LogP contribution in [-0.2, 0) is 4.79 Å². The zero-order chi connectivity index (χ0) is 26.0. The molecule has 11 heteroatoms. The first-order valence-electron chi connectivity index (χ1n) is 11.2. The third kappa shape index (κ3) is 6.58. The Hall–Kier alpha value is -4.51. The fraction of sp³-hybridized carbons (Fsp3) is 0.115. The number of amidine groups is 2. The number of carbonyl (C=O) groups excluding carboxylic acids is 1. The maximum atomic E-state index is 12.5. The lowest BCUT2D eigenvalue weighted by molar-refractivity contribution is -0.115. The third-order valence-electron chi connectivity index (χ3n) is 5.06. The van der Waals surface area contributed by atoms with Crippen molar-refractivity contribution in [2.75, 3.05) is 17.3 Å². The Morgan fingerprint density at radius 3 is 2.59 bits per heavy atom. The first kappa shape index (κ1) is 25.6. The van der Waals surface area contributed by atoms with Gasteiger partial charge in [-0.3, -0.25) is 14.6 Å². The normalized spacial score (nSPS) is 15.3. The fourth-order valence-electron chi connectivity index (χ4n) is 3.29. The van der Waals surface area contributed by atoms with E-state index in [9.17, 15) is 9.32 Å². The van der Waals surface area contributed by atoms with E-state index in [1.54, 1.807) is 30.5 Å². The number of benzene rings is 3. The lowest BCUT2D eigenvalue weighted by Gasteiger charge is -2.18. The van der Waals surface area contributed by atoms with E-state index in [-0.39, 0.29) is 23.2 Å². The Bertz CT molecular complexity index is 1360. The summed E-state index contributed by atoms with van der Waals surface area (Å²) in [5.74, 6) is 1.18. The highest BCUT2D eigenvalue weighted by atomic mass is 32.2. The Morgan fingerprint density at radius 1 is 1.11 bits per heavy atom. The summed E-state index contributed by atoms with van der Waals surface area (Å²) in [5, 5.41) is 8.92. The second-order valence-electron chi connectivity index (χ2n) is 7.50. The van der Waals surface area contributed by atoms with Crippen LogP contribution < -0.4 is 20.3 Å². The van der Waals surface area contributed by atoms with E-state index in [1.807, 2.05) is 43.3 Å². The Kier molecular flexibility index (Phi) is 8.61. The van der Waals surface area contributed by atoms with Gasteiger partial charge in [0.05, 0.1) is 29.9 Å². The topological polar surface area (TPSA) is 114 Å². The molecule has 2 N–H and O–H groups in total. The molecule has 0 bridgehead atoms. The van der Waals surface area contributed by atoms with E-state index in [1.165, 1.54) is 35.1 Å². The maximum Gasteiger partial charge on any atom is 0.243 e. The van der Waals surface area contributed by atoms with Crippen LogP contribution in [0.15, 0.2) is 93.0 Å². The van der Waals surface area contributed by atoms with Crippen LogP contribution in [0.4, 0.5) is 15.9 Å². The predicted molar refractivity (Wildman–Crippen MR) is 146 cm³/mol. The van der Waals surface area contributed by atoms with Gasteiger partial charge in [-0.2, -0.15) is 5.10 Å². The largest absolute Gasteiger partial charge is 0.492 e. The lowest BCUT2D eigenvalue weighted by atomic mass is 10.1. The average molecular weight is 519 g/mol. The fourth-order valence-corrected chi connectivity index (χ4v) is 4.11. The Balaban J connectivity index is 1.42. The molecule has 1 fully saturated rings. The van der Waals surface area contributed by atoms with E-state index in [0.717, 1.165) is 5.56 Å². The molecule has 1 heterocycles. The minimum absolute atomic E-state index is 0.0838. The number of hydrogen-bond donors (Lipinski definition) is 1. The highest BCUT2D eigenvalue weighted by molar-refractivity contribution is 8.15. The number of para-hydroxylation sites is 2. The summed E-state index contributed by atoms with van der Waals surface area (Å²) in [6.07, 6.45) is 2.91. The lowest BCUT2D eigenvalue weighted by Crippen LogP contribution is -2.29. The minimum atomic E-state index is -0.0838. The van der Waals surface area contributed by atoms with Gasteiger partial charge in [-0.05, 0) is 48.9 Å². The zero-order valence-electron chi connectivity index (χ0n) is 19.8. The van der Waals surface area contributed by atoms with Gasteiger partial charge in [-0.25, -0.2) is 9.98 Å². The van der Waals surface area contributed by atoms with Crippen LogP contribution in [0.25, 0.3) is 0 Å². The van der Waals surface area contributed by atoms with Gasteiger partial charge in [-0.1, -0.05) is 48.2 Å². The number of halogens is 1. The van der Waals surface area contributed by atoms with Crippen molar-refractivity contribution in [2.24, 2.45) is 25.9 Å². The number of nitrogens with zero attached hydrogens (tertiary/aromatic N) is 5. The van der Waals surface area contributed by atoms with Crippen LogP contribution in [0, 0.1) is 0 Å². The van der Waals surface area contributed by atoms with Crippen molar-refractivity contribution in [2.45, 2.75) is 6.92 Å². The minimum Gasteiger partial charge on any atom is -0.492 e. The van der Waals surface area contributed by atoms with E-state index in [2.05, 4.69) is 25.1 Å². The van der Waals surface area contributed by atoms with Gasteiger partial charge in [0, 0.05) is 10.1 Å². The number of hydrogen-bond acceptors (Lipinski definition) is 7. The molecule has 0 aliphatic carbocycles. The molecule has 9 nitrogen and oxygen atoms in total. The molecule has 1 aliphatic rings. The molecular weight excluding hydrogens is 495 g/mol. The molecule has 3 aromatic carbocycles. The molecule has 4 rings (SSSR count). The average Bonchev–Trinajstić information content (AvgIpc) is 3.29. The van der Waals surface area contributed by atoms with Crippen LogP contribution in [0.2, 0.25) is 0 Å². The molecule has 1 saturated heterocycles. The number of ether oxygens (including phenoxy) is 1. The molecule has 0 unspecified atom stereocenters. The molecule has 0 atom stereocenters. The van der Waals surface area contributed by atoms with Crippen molar-refractivity contribution in [3.05, 3.63) is 83.9 Å². The molecule has 188 valence electrons. The first-order chi connectivity index (χ1) is 18.1. The quantitative estimate of drug-likeness (QED) is 0.246. The van der Waals surface area contributed by atoms with Crippen molar-refractivity contribution in [3.8, 4) is 11.5 Å². The number of carbonyl (C=O) groups is 1. The summed E-state index contributed by atoms with van der Waals surface area (Å²) in [4.78, 5) is 26.0. The summed E-state index contributed by atoms with van der Waals surface area (Å²) in [5.41, 5.74) is 8.75. The molecular formula is C26H23FN6O3S. The van der Waals surface area contributed by atoms with Crippen LogP contribution in [0.1, 0.15) is 18.1 Å². The number of thioether (sulfide) groups is 1. The third-order valence-corrected chi connectivity index (χ3v) is 5.97. The smallest absolute Gasteiger partial charge is 0.243 e. The Labute approximate surface area is 217 Å². The number of nitrogens with two attached hydrogens (primary N) is 1. The van der Waals surface area contributed by atoms with Crippen LogP contribution in [-0.4, -0.2) is 41.8 Å². The van der Waals surface area contributed by atoms with Gasteiger partial charge in [0.15, 0.2) is 10.9 Å². The second kappa shape index (κ2) is 12.5. The van der Waals surface area contributed by atoms with Gasteiger partial charge in [0.1, 0.15) is 17.9 Å². The van der Waals surface area contributed by atoms with Gasteiger partial charge in [0.2, 0.25) is 5.91 Å².